The van der Waals surface area contributed by atoms with E-state index in [1.807, 2.05) is 48.5 Å². The van der Waals surface area contributed by atoms with Crippen LogP contribution in [0.2, 0.25) is 0 Å². The number of hydrogen-bond donors (Lipinski definition) is 0. The van der Waals surface area contributed by atoms with Crippen LogP contribution in [0.25, 0.3) is 67.5 Å². The fourth-order valence-corrected chi connectivity index (χ4v) is 11.1. The Morgan fingerprint density at radius 2 is 0.944 bits per heavy atom. The molecule has 1 heterocycles. The summed E-state index contributed by atoms with van der Waals surface area (Å²) in [6.07, 6.45) is 6.82. The Kier molecular flexibility index (Phi) is 7.07. The van der Waals surface area contributed by atoms with E-state index < -0.39 is 0 Å². The molecule has 4 heteroatoms. The lowest BCUT2D eigenvalue weighted by atomic mass is 9.43. The molecule has 4 saturated carbocycles. The first-order chi connectivity index (χ1) is 26.6. The molecule has 6 aromatic carbocycles. The Bertz CT molecular complexity index is 2530. The van der Waals surface area contributed by atoms with Crippen LogP contribution < -0.4 is 0 Å². The van der Waals surface area contributed by atoms with E-state index >= 15 is 0 Å². The molecule has 0 N–H and O–H groups in total. The molecule has 1 aromatic heterocycles. The van der Waals surface area contributed by atoms with Gasteiger partial charge in [-0.3, -0.25) is 0 Å². The summed E-state index contributed by atoms with van der Waals surface area (Å²) in [5, 5.41) is 9.44. The van der Waals surface area contributed by atoms with Gasteiger partial charge in [0.1, 0.15) is 0 Å². The van der Waals surface area contributed by atoms with Crippen LogP contribution in [0.1, 0.15) is 48.8 Å². The van der Waals surface area contributed by atoms with E-state index in [1.54, 1.807) is 5.56 Å². The highest BCUT2D eigenvalue weighted by molar-refractivity contribution is 5.88. The van der Waals surface area contributed by atoms with Crippen LogP contribution in [-0.2, 0) is 5.41 Å². The lowest BCUT2D eigenvalue weighted by molar-refractivity contribution is -0.0399. The molecular weight excluding hydrogens is 657 g/mol. The van der Waals surface area contributed by atoms with Crippen LogP contribution in [0.5, 0.6) is 0 Å². The summed E-state index contributed by atoms with van der Waals surface area (Å²) in [5.74, 6) is 5.13. The van der Waals surface area contributed by atoms with Crippen LogP contribution in [0.15, 0.2) is 146 Å². The van der Waals surface area contributed by atoms with Gasteiger partial charge in [-0.25, -0.2) is 15.0 Å². The molecule has 4 bridgehead atoms. The Morgan fingerprint density at radius 1 is 0.426 bits per heavy atom. The Morgan fingerprint density at radius 3 is 1.57 bits per heavy atom. The molecule has 54 heavy (non-hydrogen) atoms. The summed E-state index contributed by atoms with van der Waals surface area (Å²) < 4.78 is 0. The highest BCUT2D eigenvalue weighted by Crippen LogP contribution is 2.69. The van der Waals surface area contributed by atoms with Crippen molar-refractivity contribution in [3.63, 3.8) is 0 Å². The van der Waals surface area contributed by atoms with E-state index in [2.05, 4.69) is 103 Å². The molecule has 0 unspecified atom stereocenters. The van der Waals surface area contributed by atoms with E-state index in [4.69, 9.17) is 15.0 Å². The van der Waals surface area contributed by atoms with Crippen molar-refractivity contribution in [3.8, 4) is 73.6 Å². The van der Waals surface area contributed by atoms with Gasteiger partial charge in [-0.2, -0.15) is 5.26 Å². The van der Waals surface area contributed by atoms with Gasteiger partial charge < -0.3 is 0 Å². The van der Waals surface area contributed by atoms with Gasteiger partial charge in [0.2, 0.25) is 0 Å². The minimum absolute atomic E-state index is 0.0631. The second-order valence-corrected chi connectivity index (χ2v) is 16.0. The first-order valence-electron chi connectivity index (χ1n) is 19.4. The maximum absolute atomic E-state index is 9.44. The van der Waals surface area contributed by atoms with Gasteiger partial charge in [-0.15, -0.1) is 0 Å². The normalized spacial score (nSPS) is 22.9. The van der Waals surface area contributed by atoms with Crippen molar-refractivity contribution in [2.45, 2.75) is 37.5 Å². The number of aromatic nitrogens is 3. The molecule has 12 rings (SSSR count). The molecule has 4 fully saturated rings. The molecule has 5 aliphatic rings. The predicted octanol–water partition coefficient (Wildman–Crippen LogP) is 11.8. The van der Waals surface area contributed by atoms with Crippen LogP contribution in [0.3, 0.4) is 0 Å². The molecular formula is C50H38N4. The number of nitriles is 1. The van der Waals surface area contributed by atoms with E-state index in [1.165, 1.54) is 65.5 Å². The van der Waals surface area contributed by atoms with Crippen molar-refractivity contribution in [1.82, 2.24) is 15.0 Å². The minimum Gasteiger partial charge on any atom is -0.208 e. The van der Waals surface area contributed by atoms with E-state index in [-0.39, 0.29) is 5.41 Å². The minimum atomic E-state index is 0.0631. The van der Waals surface area contributed by atoms with Gasteiger partial charge in [0.05, 0.1) is 11.6 Å². The maximum atomic E-state index is 9.44. The fourth-order valence-electron chi connectivity index (χ4n) is 11.1. The Labute approximate surface area is 316 Å². The molecule has 0 aliphatic heterocycles. The second kappa shape index (κ2) is 12.2. The first-order valence-corrected chi connectivity index (χ1v) is 19.4. The first kappa shape index (κ1) is 31.4. The highest BCUT2D eigenvalue weighted by Gasteiger charge is 2.61. The number of fused-ring (bicyclic) bond motifs is 3. The monoisotopic (exact) mass is 694 g/mol. The zero-order valence-electron chi connectivity index (χ0n) is 30.0. The molecule has 258 valence electrons. The van der Waals surface area contributed by atoms with Gasteiger partial charge in [0, 0.05) is 22.1 Å². The third-order valence-corrected chi connectivity index (χ3v) is 13.1. The summed E-state index contributed by atoms with van der Waals surface area (Å²) in [6, 6.07) is 53.9. The Hall–Kier alpha value is -6.18. The summed E-state index contributed by atoms with van der Waals surface area (Å²) >= 11 is 0. The van der Waals surface area contributed by atoms with Crippen molar-refractivity contribution in [2.75, 3.05) is 0 Å². The number of nitrogens with zero attached hydrogens (tertiary/aromatic N) is 4. The topological polar surface area (TPSA) is 62.5 Å². The maximum Gasteiger partial charge on any atom is 0.164 e. The summed E-state index contributed by atoms with van der Waals surface area (Å²) in [4.78, 5) is 15.0. The van der Waals surface area contributed by atoms with Crippen molar-refractivity contribution >= 4 is 0 Å². The van der Waals surface area contributed by atoms with Crippen molar-refractivity contribution < 1.29 is 0 Å². The highest BCUT2D eigenvalue weighted by atomic mass is 15.0. The average Bonchev–Trinajstić information content (AvgIpc) is 3.52. The summed E-state index contributed by atoms with van der Waals surface area (Å²) in [5.41, 5.74) is 14.3. The third-order valence-electron chi connectivity index (χ3n) is 13.1. The van der Waals surface area contributed by atoms with Gasteiger partial charge in [0.25, 0.3) is 0 Å². The summed E-state index contributed by atoms with van der Waals surface area (Å²) in [7, 11) is 0. The van der Waals surface area contributed by atoms with Crippen molar-refractivity contribution in [3.05, 3.63) is 162 Å². The molecule has 0 atom stereocenters. The Balaban J connectivity index is 1.03. The molecule has 1 spiro atoms. The second-order valence-electron chi connectivity index (χ2n) is 16.0. The SMILES string of the molecule is N#Cc1ccc(-c2ccc3c(c2)C2(c4ccc(-c5cccc(-c6nc(-c7ccccc7)nc(-c7ccccc7)n6)c5)cc4-3)C3CC4CC(C3)CC2C4)cc1. The molecule has 5 aliphatic carbocycles. The standard InChI is InChI=1S/C50H38N4/c51-30-31-14-16-34(17-15-31)39-18-20-43-44-28-38(19-21-45(44)50(46(43)29-39)41-23-32-22-33(25-41)26-42(50)24-32)37-12-7-13-40(27-37)49-53-47(35-8-3-1-4-9-35)52-48(54-49)36-10-5-2-6-11-36/h1-21,27-29,32-33,41-42H,22-26H2. The smallest absolute Gasteiger partial charge is 0.164 e. The van der Waals surface area contributed by atoms with Gasteiger partial charge in [-0.1, -0.05) is 115 Å². The van der Waals surface area contributed by atoms with E-state index in [9.17, 15) is 5.26 Å². The van der Waals surface area contributed by atoms with Crippen LogP contribution in [0, 0.1) is 35.0 Å². The number of rotatable bonds is 5. The van der Waals surface area contributed by atoms with Crippen LogP contribution in [0.4, 0.5) is 0 Å². The van der Waals surface area contributed by atoms with Gasteiger partial charge >= 0.3 is 0 Å². The average molecular weight is 695 g/mol. The van der Waals surface area contributed by atoms with E-state index in [0.717, 1.165) is 34.1 Å². The van der Waals surface area contributed by atoms with E-state index in [0.29, 0.717) is 34.9 Å². The quantitative estimate of drug-likeness (QED) is 0.180. The third kappa shape index (κ3) is 4.85. The molecule has 7 aromatic rings. The van der Waals surface area contributed by atoms with Crippen molar-refractivity contribution in [2.24, 2.45) is 23.7 Å². The van der Waals surface area contributed by atoms with Crippen LogP contribution in [-0.4, -0.2) is 15.0 Å². The largest absolute Gasteiger partial charge is 0.208 e. The van der Waals surface area contributed by atoms with Crippen molar-refractivity contribution in [1.29, 1.82) is 5.26 Å². The lowest BCUT2D eigenvalue weighted by Gasteiger charge is -2.61. The zero-order valence-corrected chi connectivity index (χ0v) is 30.0. The lowest BCUT2D eigenvalue weighted by Crippen LogP contribution is -2.55. The number of hydrogen-bond acceptors (Lipinski definition) is 4. The zero-order chi connectivity index (χ0) is 35.8. The molecule has 0 saturated heterocycles. The fraction of sp³-hybridized carbons (Fsp3) is 0.200. The number of benzene rings is 6. The van der Waals surface area contributed by atoms with Crippen LogP contribution >= 0.6 is 0 Å². The molecule has 0 amide bonds. The summed E-state index contributed by atoms with van der Waals surface area (Å²) in [6.45, 7) is 0. The predicted molar refractivity (Wildman–Crippen MR) is 215 cm³/mol. The molecule has 0 radical (unpaired) electrons. The van der Waals surface area contributed by atoms with Gasteiger partial charge in [-0.05, 0) is 131 Å². The molecule has 4 nitrogen and oxygen atoms in total. The van der Waals surface area contributed by atoms with Gasteiger partial charge in [0.15, 0.2) is 17.5 Å².